The third-order valence-corrected chi connectivity index (χ3v) is 3.91. The molecule has 0 fully saturated rings. The van der Waals surface area contributed by atoms with Gasteiger partial charge in [-0.1, -0.05) is 54.1 Å². The molecule has 0 aliphatic carbocycles. The van der Waals surface area contributed by atoms with Gasteiger partial charge in [-0.2, -0.15) is 10.1 Å². The van der Waals surface area contributed by atoms with Crippen LogP contribution in [-0.4, -0.2) is 27.5 Å². The first kappa shape index (κ1) is 14.8. The van der Waals surface area contributed by atoms with Crippen molar-refractivity contribution in [3.8, 4) is 0 Å². The van der Waals surface area contributed by atoms with E-state index in [0.717, 1.165) is 10.6 Å². The number of hydrogen-bond acceptors (Lipinski definition) is 3. The van der Waals surface area contributed by atoms with E-state index in [1.807, 2.05) is 30.3 Å². The van der Waals surface area contributed by atoms with Gasteiger partial charge >= 0.3 is 0 Å². The smallest absolute Gasteiger partial charge is 0.278 e. The molecular weight excluding hydrogens is 300 g/mol. The molecule has 1 amide bonds. The van der Waals surface area contributed by atoms with E-state index < -0.39 is 11.6 Å². The highest BCUT2D eigenvalue weighted by Crippen LogP contribution is 2.30. The minimum absolute atomic E-state index is 0.271. The van der Waals surface area contributed by atoms with E-state index in [1.165, 1.54) is 0 Å². The number of benzene rings is 2. The molecule has 3 rings (SSSR count). The fraction of sp³-hybridized carbons (Fsp3) is 0.176. The molecule has 1 atom stereocenters. The number of carbonyl (C=O) groups is 1. The van der Waals surface area contributed by atoms with Crippen LogP contribution >= 0.6 is 11.6 Å². The maximum Gasteiger partial charge on any atom is 0.278 e. The Kier molecular flexibility index (Phi) is 3.72. The van der Waals surface area contributed by atoms with E-state index in [1.54, 1.807) is 31.2 Å². The fourth-order valence-corrected chi connectivity index (χ4v) is 2.68. The predicted molar refractivity (Wildman–Crippen MR) is 85.8 cm³/mol. The summed E-state index contributed by atoms with van der Waals surface area (Å²) in [7, 11) is 0. The Labute approximate surface area is 133 Å². The summed E-state index contributed by atoms with van der Waals surface area (Å²) >= 11 is 6.07. The summed E-state index contributed by atoms with van der Waals surface area (Å²) in [5.41, 5.74) is 0.507. The molecule has 0 bridgehead atoms. The van der Waals surface area contributed by atoms with Gasteiger partial charge < -0.3 is 5.11 Å². The third-order valence-electron chi connectivity index (χ3n) is 3.58. The Morgan fingerprint density at radius 1 is 1.18 bits per heavy atom. The zero-order valence-corrected chi connectivity index (χ0v) is 12.8. The van der Waals surface area contributed by atoms with Crippen LogP contribution in [0.15, 0.2) is 59.7 Å². The van der Waals surface area contributed by atoms with Crippen molar-refractivity contribution < 1.29 is 9.90 Å². The highest BCUT2D eigenvalue weighted by atomic mass is 35.5. The van der Waals surface area contributed by atoms with E-state index in [0.29, 0.717) is 16.3 Å². The zero-order chi connectivity index (χ0) is 15.7. The van der Waals surface area contributed by atoms with Crippen LogP contribution in [-0.2, 0) is 0 Å². The Balaban J connectivity index is 1.97. The van der Waals surface area contributed by atoms with Crippen LogP contribution in [0.3, 0.4) is 0 Å². The molecule has 1 heterocycles. The van der Waals surface area contributed by atoms with Crippen LogP contribution in [0.5, 0.6) is 0 Å². The fourth-order valence-electron chi connectivity index (χ4n) is 2.46. The lowest BCUT2D eigenvalue weighted by atomic mass is 10.0. The average molecular weight is 315 g/mol. The highest BCUT2D eigenvalue weighted by molar-refractivity contribution is 6.33. The number of nitrogens with zero attached hydrogens (tertiary/aromatic N) is 2. The second-order valence-electron chi connectivity index (χ2n) is 5.40. The summed E-state index contributed by atoms with van der Waals surface area (Å²) < 4.78 is 0. The molecule has 112 valence electrons. The van der Waals surface area contributed by atoms with Gasteiger partial charge in [0.05, 0.1) is 16.3 Å². The Morgan fingerprint density at radius 2 is 1.82 bits per heavy atom. The van der Waals surface area contributed by atoms with Crippen molar-refractivity contribution in [2.45, 2.75) is 19.1 Å². The molecule has 5 heteroatoms. The number of hydrogen-bond donors (Lipinski definition) is 1. The van der Waals surface area contributed by atoms with Gasteiger partial charge in [0.25, 0.3) is 5.91 Å². The summed E-state index contributed by atoms with van der Waals surface area (Å²) in [4.78, 5) is 12.6. The number of aliphatic hydroxyl groups is 1. The van der Waals surface area contributed by atoms with Crippen molar-refractivity contribution in [1.29, 1.82) is 0 Å². The molecule has 2 aromatic carbocycles. The van der Waals surface area contributed by atoms with Crippen LogP contribution in [0, 0.1) is 0 Å². The van der Waals surface area contributed by atoms with Crippen molar-refractivity contribution in [2.24, 2.45) is 5.10 Å². The standard InChI is InChI=1S/C17H15ClN2O2/c1-17(22)11-15(12-7-3-2-4-8-12)19-20(17)16(21)13-9-5-6-10-14(13)18/h2-10,22H,11H2,1H3/t17-/m1/s1. The normalized spacial score (nSPS) is 20.9. The zero-order valence-electron chi connectivity index (χ0n) is 12.0. The van der Waals surface area contributed by atoms with Gasteiger partial charge in [-0.05, 0) is 24.6 Å². The Bertz CT molecular complexity index is 741. The summed E-state index contributed by atoms with van der Waals surface area (Å²) in [6.07, 6.45) is 0.271. The largest absolute Gasteiger partial charge is 0.369 e. The van der Waals surface area contributed by atoms with Crippen LogP contribution in [0.25, 0.3) is 0 Å². The van der Waals surface area contributed by atoms with Crippen molar-refractivity contribution in [3.63, 3.8) is 0 Å². The first-order chi connectivity index (χ1) is 10.5. The van der Waals surface area contributed by atoms with Crippen LogP contribution in [0.1, 0.15) is 29.3 Å². The number of carbonyl (C=O) groups excluding carboxylic acids is 1. The summed E-state index contributed by atoms with van der Waals surface area (Å²) in [6.45, 7) is 1.57. The quantitative estimate of drug-likeness (QED) is 0.924. The van der Waals surface area contributed by atoms with Gasteiger partial charge in [0.1, 0.15) is 0 Å². The molecule has 0 spiro atoms. The van der Waals surface area contributed by atoms with Gasteiger partial charge in [-0.3, -0.25) is 4.79 Å². The molecule has 0 radical (unpaired) electrons. The Morgan fingerprint density at radius 3 is 2.50 bits per heavy atom. The lowest BCUT2D eigenvalue weighted by Crippen LogP contribution is -2.43. The van der Waals surface area contributed by atoms with Gasteiger partial charge in [0, 0.05) is 6.42 Å². The lowest BCUT2D eigenvalue weighted by molar-refractivity contribution is -0.0553. The minimum atomic E-state index is -1.37. The molecular formula is C17H15ClN2O2. The molecule has 1 aliphatic heterocycles. The van der Waals surface area contributed by atoms with Gasteiger partial charge in [0.2, 0.25) is 0 Å². The first-order valence-electron chi connectivity index (χ1n) is 6.93. The van der Waals surface area contributed by atoms with Crippen LogP contribution in [0.4, 0.5) is 0 Å². The SMILES string of the molecule is C[C@@]1(O)CC(c2ccccc2)=NN1C(=O)c1ccccc1Cl. The lowest BCUT2D eigenvalue weighted by Gasteiger charge is -2.27. The van der Waals surface area contributed by atoms with Crippen molar-refractivity contribution >= 4 is 23.2 Å². The second kappa shape index (κ2) is 5.55. The summed E-state index contributed by atoms with van der Waals surface area (Å²) in [5.74, 6) is -0.415. The summed E-state index contributed by atoms with van der Waals surface area (Å²) in [5, 5.41) is 16.3. The van der Waals surface area contributed by atoms with Crippen LogP contribution < -0.4 is 0 Å². The van der Waals surface area contributed by atoms with E-state index in [2.05, 4.69) is 5.10 Å². The number of amides is 1. The van der Waals surface area contributed by atoms with Crippen molar-refractivity contribution in [1.82, 2.24) is 5.01 Å². The number of hydrazone groups is 1. The maximum absolute atomic E-state index is 12.6. The topological polar surface area (TPSA) is 52.9 Å². The van der Waals surface area contributed by atoms with Crippen molar-refractivity contribution in [3.05, 3.63) is 70.7 Å². The van der Waals surface area contributed by atoms with Gasteiger partial charge in [-0.25, -0.2) is 0 Å². The maximum atomic E-state index is 12.6. The van der Waals surface area contributed by atoms with E-state index in [9.17, 15) is 9.90 Å². The second-order valence-corrected chi connectivity index (χ2v) is 5.81. The molecule has 0 saturated carbocycles. The number of halogens is 1. The highest BCUT2D eigenvalue weighted by Gasteiger charge is 2.41. The van der Waals surface area contributed by atoms with Crippen LogP contribution in [0.2, 0.25) is 5.02 Å². The first-order valence-corrected chi connectivity index (χ1v) is 7.31. The molecule has 0 unspecified atom stereocenters. The van der Waals surface area contributed by atoms with E-state index in [-0.39, 0.29) is 6.42 Å². The molecule has 0 aromatic heterocycles. The predicted octanol–water partition coefficient (Wildman–Crippen LogP) is 3.30. The summed E-state index contributed by atoms with van der Waals surface area (Å²) in [6, 6.07) is 16.2. The molecule has 0 saturated heterocycles. The molecule has 1 N–H and O–H groups in total. The van der Waals surface area contributed by atoms with Crippen molar-refractivity contribution in [2.75, 3.05) is 0 Å². The molecule has 2 aromatic rings. The number of rotatable bonds is 2. The Hall–Kier alpha value is -2.17. The molecule has 4 nitrogen and oxygen atoms in total. The molecule has 1 aliphatic rings. The average Bonchev–Trinajstić information content (AvgIpc) is 2.84. The van der Waals surface area contributed by atoms with E-state index >= 15 is 0 Å². The van der Waals surface area contributed by atoms with Gasteiger partial charge in [-0.15, -0.1) is 0 Å². The minimum Gasteiger partial charge on any atom is -0.369 e. The molecule has 22 heavy (non-hydrogen) atoms. The van der Waals surface area contributed by atoms with Gasteiger partial charge in [0.15, 0.2) is 5.72 Å². The monoisotopic (exact) mass is 314 g/mol. The third kappa shape index (κ3) is 2.63. The van der Waals surface area contributed by atoms with E-state index in [4.69, 9.17) is 11.6 Å².